The van der Waals surface area contributed by atoms with Crippen molar-refractivity contribution in [1.82, 2.24) is 0 Å². The number of rotatable bonds is 7. The fourth-order valence-corrected chi connectivity index (χ4v) is 2.95. The molecule has 24 heavy (non-hydrogen) atoms. The molecule has 122 valence electrons. The molecular weight excluding hydrogens is 340 g/mol. The van der Waals surface area contributed by atoms with Crippen molar-refractivity contribution in [3.63, 3.8) is 0 Å². The number of hydrogen-bond acceptors (Lipinski definition) is 5. The number of aromatic carboxylic acids is 1. The molecule has 1 unspecified atom stereocenters. The molecule has 0 fully saturated rings. The maximum absolute atomic E-state index is 12.0. The fourth-order valence-electron chi connectivity index (χ4n) is 2.05. The number of para-hydroxylation sites is 1. The topological polar surface area (TPSA) is 98.7 Å². The summed E-state index contributed by atoms with van der Waals surface area (Å²) in [7, 11) is -3.91. The van der Waals surface area contributed by atoms with Crippen molar-refractivity contribution < 1.29 is 53.4 Å². The second kappa shape index (κ2) is 9.25. The summed E-state index contributed by atoms with van der Waals surface area (Å²) in [4.78, 5) is 21.0. The van der Waals surface area contributed by atoms with Crippen molar-refractivity contribution in [1.29, 1.82) is 0 Å². The summed E-state index contributed by atoms with van der Waals surface area (Å²) >= 11 is 0. The predicted molar refractivity (Wildman–Crippen MR) is 85.5 cm³/mol. The standard InChI is InChI=1S/C16H18NO5P.Na/c1-2-12-8-9-13(10-15(12)16(18)19)17-11-23(20,21)22-14-6-4-3-5-7-14;/h3-10,17H,2,11H2,1H3,(H,18,19)(H,20,21);/q;+1/p-1. The van der Waals surface area contributed by atoms with Crippen LogP contribution in [0.3, 0.4) is 0 Å². The number of carboxylic acid groups (broad SMARTS) is 1. The van der Waals surface area contributed by atoms with Crippen LogP contribution in [-0.4, -0.2) is 17.1 Å². The predicted octanol–water partition coefficient (Wildman–Crippen LogP) is -0.750. The normalized spacial score (nSPS) is 12.6. The quantitative estimate of drug-likeness (QED) is 0.500. The Kier molecular flexibility index (Phi) is 8.00. The molecule has 0 radical (unpaired) electrons. The third-order valence-corrected chi connectivity index (χ3v) is 4.24. The Labute approximate surface area is 162 Å². The summed E-state index contributed by atoms with van der Waals surface area (Å²) in [5, 5.41) is 13.8. The number of benzene rings is 2. The van der Waals surface area contributed by atoms with Gasteiger partial charge in [0, 0.05) is 11.3 Å². The number of anilines is 1. The van der Waals surface area contributed by atoms with Crippen molar-refractivity contribution >= 4 is 19.3 Å². The summed E-state index contributed by atoms with van der Waals surface area (Å²) < 4.78 is 17.1. The van der Waals surface area contributed by atoms with Gasteiger partial charge in [-0.25, -0.2) is 4.57 Å². The first-order valence-corrected chi connectivity index (χ1v) is 8.82. The van der Waals surface area contributed by atoms with Crippen molar-refractivity contribution in [2.75, 3.05) is 11.6 Å². The minimum Gasteiger partial charge on any atom is -0.545 e. The van der Waals surface area contributed by atoms with Crippen LogP contribution >= 0.6 is 7.60 Å². The molecule has 0 bridgehead atoms. The maximum atomic E-state index is 12.0. The first-order chi connectivity index (χ1) is 10.9. The van der Waals surface area contributed by atoms with E-state index in [0.29, 0.717) is 17.7 Å². The van der Waals surface area contributed by atoms with Crippen LogP contribution in [0.2, 0.25) is 0 Å². The second-order valence-corrected chi connectivity index (χ2v) is 6.66. The van der Waals surface area contributed by atoms with Crippen LogP contribution in [0.1, 0.15) is 22.8 Å². The number of carbonyl (C=O) groups excluding carboxylic acids is 1. The molecule has 0 amide bonds. The van der Waals surface area contributed by atoms with E-state index in [0.717, 1.165) is 0 Å². The van der Waals surface area contributed by atoms with Gasteiger partial charge in [0.1, 0.15) is 12.0 Å². The Balaban J connectivity index is 0.00000288. The van der Waals surface area contributed by atoms with Gasteiger partial charge in [-0.15, -0.1) is 0 Å². The summed E-state index contributed by atoms with van der Waals surface area (Å²) in [5.74, 6) is -0.991. The first kappa shape index (κ1) is 20.7. The Morgan fingerprint density at radius 2 is 1.92 bits per heavy atom. The van der Waals surface area contributed by atoms with E-state index in [2.05, 4.69) is 5.32 Å². The molecule has 2 aromatic carbocycles. The number of hydrogen-bond donors (Lipinski definition) is 2. The van der Waals surface area contributed by atoms with Crippen molar-refractivity contribution in [3.8, 4) is 5.75 Å². The fraction of sp³-hybridized carbons (Fsp3) is 0.188. The molecule has 8 heteroatoms. The smallest absolute Gasteiger partial charge is 0.545 e. The minimum atomic E-state index is -3.91. The van der Waals surface area contributed by atoms with E-state index >= 15 is 0 Å². The molecule has 0 aliphatic carbocycles. The number of carboxylic acids is 1. The van der Waals surface area contributed by atoms with Crippen LogP contribution in [0, 0.1) is 0 Å². The Hall–Kier alpha value is -1.30. The zero-order valence-electron chi connectivity index (χ0n) is 13.6. The van der Waals surface area contributed by atoms with Gasteiger partial charge < -0.3 is 24.6 Å². The Morgan fingerprint density at radius 1 is 1.25 bits per heavy atom. The monoisotopic (exact) mass is 357 g/mol. The van der Waals surface area contributed by atoms with E-state index in [1.807, 2.05) is 6.92 Å². The van der Waals surface area contributed by atoms with Gasteiger partial charge in [0.15, 0.2) is 0 Å². The van der Waals surface area contributed by atoms with E-state index in [9.17, 15) is 19.4 Å². The average Bonchev–Trinajstić information content (AvgIpc) is 2.53. The molecule has 2 rings (SSSR count). The van der Waals surface area contributed by atoms with Gasteiger partial charge in [-0.2, -0.15) is 0 Å². The summed E-state index contributed by atoms with van der Waals surface area (Å²) in [5.41, 5.74) is 1.12. The van der Waals surface area contributed by atoms with Gasteiger partial charge in [-0.3, -0.25) is 0 Å². The van der Waals surface area contributed by atoms with Crippen LogP contribution in [0.5, 0.6) is 5.75 Å². The van der Waals surface area contributed by atoms with Gasteiger partial charge in [0.2, 0.25) is 0 Å². The average molecular weight is 357 g/mol. The van der Waals surface area contributed by atoms with Crippen LogP contribution in [0.25, 0.3) is 0 Å². The molecule has 0 saturated carbocycles. The van der Waals surface area contributed by atoms with Gasteiger partial charge >= 0.3 is 37.2 Å². The molecule has 1 atom stereocenters. The Morgan fingerprint density at radius 3 is 2.50 bits per heavy atom. The maximum Gasteiger partial charge on any atom is 1.00 e. The second-order valence-electron chi connectivity index (χ2n) is 4.89. The number of nitrogens with one attached hydrogen (secondary N) is 1. The van der Waals surface area contributed by atoms with E-state index in [1.54, 1.807) is 42.5 Å². The van der Waals surface area contributed by atoms with Gasteiger partial charge in [-0.1, -0.05) is 31.2 Å². The van der Waals surface area contributed by atoms with E-state index in [4.69, 9.17) is 4.52 Å². The van der Waals surface area contributed by atoms with Crippen molar-refractivity contribution in [2.24, 2.45) is 0 Å². The molecule has 2 N–H and O–H groups in total. The third-order valence-electron chi connectivity index (χ3n) is 3.18. The molecular formula is C16H17NNaO5P. The SMILES string of the molecule is CCc1ccc(NCP(=O)(O)Oc2ccccc2)cc1C(=O)[O-].[Na+]. The van der Waals surface area contributed by atoms with Gasteiger partial charge in [0.25, 0.3) is 0 Å². The van der Waals surface area contributed by atoms with Crippen molar-refractivity contribution in [3.05, 3.63) is 59.7 Å². The molecule has 0 heterocycles. The molecule has 0 aromatic heterocycles. The largest absolute Gasteiger partial charge is 1.00 e. The van der Waals surface area contributed by atoms with Gasteiger partial charge in [-0.05, 0) is 36.2 Å². The van der Waals surface area contributed by atoms with Gasteiger partial charge in [0.05, 0.1) is 5.97 Å². The van der Waals surface area contributed by atoms with Crippen LogP contribution < -0.4 is 44.5 Å². The summed E-state index contributed by atoms with van der Waals surface area (Å²) in [6, 6.07) is 13.0. The summed E-state index contributed by atoms with van der Waals surface area (Å²) in [6.07, 6.45) is 0.207. The molecule has 2 aromatic rings. The minimum absolute atomic E-state index is 0. The van der Waals surface area contributed by atoms with E-state index in [1.165, 1.54) is 6.07 Å². The van der Waals surface area contributed by atoms with Crippen LogP contribution in [-0.2, 0) is 11.0 Å². The first-order valence-electron chi connectivity index (χ1n) is 7.06. The zero-order chi connectivity index (χ0) is 16.9. The molecule has 0 saturated heterocycles. The van der Waals surface area contributed by atoms with Crippen LogP contribution in [0.15, 0.2) is 48.5 Å². The molecule has 0 aliphatic heterocycles. The number of carbonyl (C=O) groups is 1. The van der Waals surface area contributed by atoms with E-state index in [-0.39, 0.29) is 47.2 Å². The Bertz CT molecular complexity index is 739. The summed E-state index contributed by atoms with van der Waals surface area (Å²) in [6.45, 7) is 1.84. The molecule has 0 spiro atoms. The molecule has 0 aliphatic rings. The van der Waals surface area contributed by atoms with Crippen molar-refractivity contribution in [2.45, 2.75) is 13.3 Å². The number of aryl methyl sites for hydroxylation is 1. The molecule has 6 nitrogen and oxygen atoms in total. The zero-order valence-corrected chi connectivity index (χ0v) is 16.5. The van der Waals surface area contributed by atoms with E-state index < -0.39 is 13.6 Å². The van der Waals surface area contributed by atoms with Crippen LogP contribution in [0.4, 0.5) is 5.69 Å². The third kappa shape index (κ3) is 5.96.